The summed E-state index contributed by atoms with van der Waals surface area (Å²) < 4.78 is 15.1. The molecule has 9 heteroatoms. The van der Waals surface area contributed by atoms with Crippen LogP contribution in [-0.2, 0) is 14.3 Å². The summed E-state index contributed by atoms with van der Waals surface area (Å²) >= 11 is 1.32. The molecule has 0 radical (unpaired) electrons. The molecule has 2 rings (SSSR count). The molecule has 1 heterocycles. The van der Waals surface area contributed by atoms with Crippen LogP contribution in [0.1, 0.15) is 14.5 Å². The average molecular weight is 392 g/mol. The molecule has 8 nitrogen and oxygen atoms in total. The van der Waals surface area contributed by atoms with Gasteiger partial charge in [-0.3, -0.25) is 14.4 Å². The first-order valence-corrected chi connectivity index (χ1v) is 8.76. The van der Waals surface area contributed by atoms with Crippen molar-refractivity contribution in [3.63, 3.8) is 0 Å². The first kappa shape index (κ1) is 20.2. The zero-order valence-electron chi connectivity index (χ0n) is 15.2. The molecule has 0 saturated carbocycles. The number of anilines is 1. The highest BCUT2D eigenvalue weighted by molar-refractivity contribution is 7.13. The molecule has 0 bridgehead atoms. The van der Waals surface area contributed by atoms with Gasteiger partial charge >= 0.3 is 5.97 Å². The number of rotatable bonds is 8. The maximum atomic E-state index is 11.9. The number of thiophene rings is 1. The molecule has 0 aliphatic carbocycles. The fourth-order valence-electron chi connectivity index (χ4n) is 2.08. The van der Waals surface area contributed by atoms with Gasteiger partial charge in [0, 0.05) is 10.9 Å². The number of carbonyl (C=O) groups is 3. The molecule has 1 aromatic heterocycles. The zero-order chi connectivity index (χ0) is 19.8. The van der Waals surface area contributed by atoms with Crippen LogP contribution in [-0.4, -0.2) is 45.2 Å². The van der Waals surface area contributed by atoms with E-state index >= 15 is 0 Å². The van der Waals surface area contributed by atoms with Gasteiger partial charge in [-0.05, 0) is 31.2 Å². The summed E-state index contributed by atoms with van der Waals surface area (Å²) in [6.45, 7) is 1.07. The second kappa shape index (κ2) is 9.58. The Kier molecular flexibility index (Phi) is 7.18. The van der Waals surface area contributed by atoms with Crippen molar-refractivity contribution in [2.75, 3.05) is 32.7 Å². The Morgan fingerprint density at radius 3 is 2.48 bits per heavy atom. The number of nitrogens with one attached hydrogen (secondary N) is 2. The Morgan fingerprint density at radius 2 is 1.85 bits per heavy atom. The topological polar surface area (TPSA) is 103 Å². The van der Waals surface area contributed by atoms with E-state index in [9.17, 15) is 14.4 Å². The van der Waals surface area contributed by atoms with E-state index in [0.29, 0.717) is 22.1 Å². The van der Waals surface area contributed by atoms with Gasteiger partial charge in [-0.15, -0.1) is 11.3 Å². The Balaban J connectivity index is 1.78. The minimum atomic E-state index is -0.714. The number of hydrogen-bond donors (Lipinski definition) is 2. The third-order valence-electron chi connectivity index (χ3n) is 3.40. The average Bonchev–Trinajstić information content (AvgIpc) is 3.11. The summed E-state index contributed by atoms with van der Waals surface area (Å²) in [6, 6.07) is 8.38. The van der Waals surface area contributed by atoms with Gasteiger partial charge in [0.05, 0.1) is 24.8 Å². The lowest BCUT2D eigenvalue weighted by molar-refractivity contribution is -0.146. The molecule has 0 spiro atoms. The minimum Gasteiger partial charge on any atom is -0.497 e. The Bertz CT molecular complexity index is 833. The van der Waals surface area contributed by atoms with E-state index in [1.54, 1.807) is 24.3 Å². The number of benzene rings is 1. The second-order valence-electron chi connectivity index (χ2n) is 5.37. The molecule has 0 fully saturated rings. The maximum Gasteiger partial charge on any atom is 0.325 e. The first-order valence-electron chi connectivity index (χ1n) is 7.95. The van der Waals surface area contributed by atoms with Crippen molar-refractivity contribution in [2.45, 2.75) is 6.92 Å². The Morgan fingerprint density at radius 1 is 1.07 bits per heavy atom. The van der Waals surface area contributed by atoms with E-state index in [1.165, 1.54) is 25.6 Å². The van der Waals surface area contributed by atoms with Gasteiger partial charge in [-0.1, -0.05) is 0 Å². The summed E-state index contributed by atoms with van der Waals surface area (Å²) in [5, 5.41) is 5.03. The SMILES string of the molecule is COc1ccc(NC(=O)COC(=O)CNC(=O)c2ccc(C)s2)c(OC)c1. The Labute approximate surface area is 160 Å². The molecular formula is C18H20N2O6S. The molecule has 2 amide bonds. The van der Waals surface area contributed by atoms with E-state index < -0.39 is 18.5 Å². The summed E-state index contributed by atoms with van der Waals surface area (Å²) in [4.78, 5) is 37.0. The van der Waals surface area contributed by atoms with Crippen LogP contribution in [0.2, 0.25) is 0 Å². The van der Waals surface area contributed by atoms with E-state index in [2.05, 4.69) is 10.6 Å². The molecule has 1 aromatic carbocycles. The van der Waals surface area contributed by atoms with Crippen LogP contribution in [0.3, 0.4) is 0 Å². The standard InChI is InChI=1S/C18H20N2O6S/c1-11-4-7-15(27-11)18(23)19-9-17(22)26-10-16(21)20-13-6-5-12(24-2)8-14(13)25-3/h4-8H,9-10H2,1-3H3,(H,19,23)(H,20,21). The number of amides is 2. The van der Waals surface area contributed by atoms with Crippen molar-refractivity contribution in [3.8, 4) is 11.5 Å². The van der Waals surface area contributed by atoms with E-state index in [-0.39, 0.29) is 12.5 Å². The van der Waals surface area contributed by atoms with E-state index in [1.807, 2.05) is 13.0 Å². The van der Waals surface area contributed by atoms with Crippen molar-refractivity contribution in [1.29, 1.82) is 0 Å². The summed E-state index contributed by atoms with van der Waals surface area (Å²) in [6.07, 6.45) is 0. The highest BCUT2D eigenvalue weighted by Gasteiger charge is 2.13. The molecule has 0 unspecified atom stereocenters. The highest BCUT2D eigenvalue weighted by atomic mass is 32.1. The van der Waals surface area contributed by atoms with Crippen LogP contribution in [0.5, 0.6) is 11.5 Å². The lowest BCUT2D eigenvalue weighted by atomic mass is 10.2. The minimum absolute atomic E-state index is 0.324. The van der Waals surface area contributed by atoms with Crippen molar-refractivity contribution < 1.29 is 28.6 Å². The molecular weight excluding hydrogens is 372 g/mol. The summed E-state index contributed by atoms with van der Waals surface area (Å²) in [5.41, 5.74) is 0.417. The lowest BCUT2D eigenvalue weighted by Gasteiger charge is -2.12. The number of ether oxygens (including phenoxy) is 3. The predicted octanol–water partition coefficient (Wildman–Crippen LogP) is 1.99. The molecule has 0 saturated heterocycles. The van der Waals surface area contributed by atoms with Gasteiger partial charge in [0.15, 0.2) is 6.61 Å². The summed E-state index contributed by atoms with van der Waals surface area (Å²) in [7, 11) is 2.98. The predicted molar refractivity (Wildman–Crippen MR) is 101 cm³/mol. The largest absolute Gasteiger partial charge is 0.497 e. The molecule has 0 aliphatic heterocycles. The number of hydrogen-bond acceptors (Lipinski definition) is 7. The van der Waals surface area contributed by atoms with Gasteiger partial charge in [0.25, 0.3) is 11.8 Å². The van der Waals surface area contributed by atoms with Crippen molar-refractivity contribution in [2.24, 2.45) is 0 Å². The highest BCUT2D eigenvalue weighted by Crippen LogP contribution is 2.28. The van der Waals surface area contributed by atoms with Gasteiger partial charge in [0.1, 0.15) is 18.0 Å². The second-order valence-corrected chi connectivity index (χ2v) is 6.66. The third kappa shape index (κ3) is 6.00. The number of methoxy groups -OCH3 is 2. The molecule has 2 aromatic rings. The lowest BCUT2D eigenvalue weighted by Crippen LogP contribution is -2.31. The first-order chi connectivity index (χ1) is 12.9. The van der Waals surface area contributed by atoms with Crippen LogP contribution in [0.15, 0.2) is 30.3 Å². The normalized spacial score (nSPS) is 10.0. The third-order valence-corrected chi connectivity index (χ3v) is 4.40. The quantitative estimate of drug-likeness (QED) is 0.666. The van der Waals surface area contributed by atoms with Gasteiger partial charge < -0.3 is 24.8 Å². The maximum absolute atomic E-state index is 11.9. The van der Waals surface area contributed by atoms with Crippen LogP contribution in [0.4, 0.5) is 5.69 Å². The van der Waals surface area contributed by atoms with Gasteiger partial charge in [0.2, 0.25) is 0 Å². The monoisotopic (exact) mass is 392 g/mol. The van der Waals surface area contributed by atoms with Crippen molar-refractivity contribution >= 4 is 34.8 Å². The zero-order valence-corrected chi connectivity index (χ0v) is 16.0. The molecule has 27 heavy (non-hydrogen) atoms. The molecule has 0 atom stereocenters. The van der Waals surface area contributed by atoms with Crippen LogP contribution in [0.25, 0.3) is 0 Å². The fraction of sp³-hybridized carbons (Fsp3) is 0.278. The molecule has 144 valence electrons. The van der Waals surface area contributed by atoms with Crippen LogP contribution < -0.4 is 20.1 Å². The molecule has 0 aliphatic rings. The summed E-state index contributed by atoms with van der Waals surface area (Å²) in [5.74, 6) is -0.626. The Hall–Kier alpha value is -3.07. The number of carbonyl (C=O) groups excluding carboxylic acids is 3. The van der Waals surface area contributed by atoms with Gasteiger partial charge in [-0.25, -0.2) is 0 Å². The van der Waals surface area contributed by atoms with Gasteiger partial charge in [-0.2, -0.15) is 0 Å². The molecule has 2 N–H and O–H groups in total. The van der Waals surface area contributed by atoms with E-state index in [4.69, 9.17) is 14.2 Å². The number of aryl methyl sites for hydroxylation is 1. The van der Waals surface area contributed by atoms with Crippen LogP contribution in [0, 0.1) is 6.92 Å². The smallest absolute Gasteiger partial charge is 0.325 e. The number of esters is 1. The fourth-order valence-corrected chi connectivity index (χ4v) is 2.87. The van der Waals surface area contributed by atoms with Crippen LogP contribution >= 0.6 is 11.3 Å². The van der Waals surface area contributed by atoms with Crippen molar-refractivity contribution in [1.82, 2.24) is 5.32 Å². The van der Waals surface area contributed by atoms with E-state index in [0.717, 1.165) is 4.88 Å². The van der Waals surface area contributed by atoms with Crippen molar-refractivity contribution in [3.05, 3.63) is 40.1 Å².